The molecule has 2 aromatic carbocycles. The van der Waals surface area contributed by atoms with E-state index in [1.165, 1.54) is 0 Å². The summed E-state index contributed by atoms with van der Waals surface area (Å²) >= 11 is 1.66. The Morgan fingerprint density at radius 3 is 2.89 bits per heavy atom. The van der Waals surface area contributed by atoms with E-state index in [2.05, 4.69) is 27.6 Å². The lowest BCUT2D eigenvalue weighted by molar-refractivity contribution is -0.114. The number of fused-ring (bicyclic) bond motifs is 3. The lowest BCUT2D eigenvalue weighted by Crippen LogP contribution is -2.38. The monoisotopic (exact) mass is 371 g/mol. The fourth-order valence-electron chi connectivity index (χ4n) is 2.90. The number of benzene rings is 2. The van der Waals surface area contributed by atoms with Gasteiger partial charge in [0.2, 0.25) is 0 Å². The highest BCUT2D eigenvalue weighted by Crippen LogP contribution is 2.35. The van der Waals surface area contributed by atoms with Crippen LogP contribution in [-0.2, 0) is 0 Å². The molecule has 4 rings (SSSR count). The lowest BCUT2D eigenvalue weighted by atomic mass is 10.1. The number of nitrogens with two attached hydrogens (primary N) is 2. The molecule has 0 unspecified atom stereocenters. The van der Waals surface area contributed by atoms with E-state index in [4.69, 9.17) is 22.7 Å². The van der Waals surface area contributed by atoms with Gasteiger partial charge in [0, 0.05) is 31.9 Å². The first-order chi connectivity index (χ1) is 13.2. The smallest absolute Gasteiger partial charge is 0.340 e. The third-order valence-corrected chi connectivity index (χ3v) is 5.10. The molecule has 27 heavy (non-hydrogen) atoms. The average molecular weight is 371 g/mol. The van der Waals surface area contributed by atoms with Crippen molar-refractivity contribution in [1.82, 2.24) is 4.98 Å². The SMILES string of the molecule is C#Cc1cccc(Nc2nc3cc(C(=[NH2+])N=NN)ccc3c3sccc23)c1. The number of thiophene rings is 1. The number of amidine groups is 1. The number of terminal acetylenes is 1. The number of anilines is 2. The maximum absolute atomic E-state index is 5.90. The molecule has 0 aliphatic heterocycles. The van der Waals surface area contributed by atoms with Crippen LogP contribution in [-0.4, -0.2) is 10.8 Å². The van der Waals surface area contributed by atoms with Crippen LogP contribution < -0.4 is 16.6 Å². The van der Waals surface area contributed by atoms with Crippen LogP contribution in [0.1, 0.15) is 11.1 Å². The predicted octanol–water partition coefficient (Wildman–Crippen LogP) is 3.01. The molecule has 0 bridgehead atoms. The number of hydrogen-bond acceptors (Lipinski definition) is 4. The second-order valence-corrected chi connectivity index (χ2v) is 6.72. The second kappa shape index (κ2) is 6.86. The van der Waals surface area contributed by atoms with Crippen molar-refractivity contribution in [1.29, 1.82) is 0 Å². The maximum atomic E-state index is 5.90. The summed E-state index contributed by atoms with van der Waals surface area (Å²) in [6, 6.07) is 15.5. The molecule has 6 nitrogen and oxygen atoms in total. The Balaban J connectivity index is 1.86. The number of hydrogen-bond donors (Lipinski definition) is 3. The quantitative estimate of drug-likeness (QED) is 0.129. The van der Waals surface area contributed by atoms with Gasteiger partial charge in [-0.1, -0.05) is 18.1 Å². The molecule has 0 aliphatic rings. The highest BCUT2D eigenvalue weighted by atomic mass is 32.1. The van der Waals surface area contributed by atoms with Crippen LogP contribution in [0.2, 0.25) is 0 Å². The molecule has 0 fully saturated rings. The first-order valence-electron chi connectivity index (χ1n) is 8.08. The van der Waals surface area contributed by atoms with Gasteiger partial charge in [-0.25, -0.2) is 4.98 Å². The molecule has 0 saturated heterocycles. The van der Waals surface area contributed by atoms with E-state index in [1.807, 2.05) is 47.8 Å². The summed E-state index contributed by atoms with van der Waals surface area (Å²) in [5.41, 5.74) is 3.19. The molecule has 0 amide bonds. The number of nitrogens with zero attached hydrogens (tertiary/aromatic N) is 3. The van der Waals surface area contributed by atoms with Crippen molar-refractivity contribution in [3.05, 3.63) is 65.0 Å². The van der Waals surface area contributed by atoms with Crippen molar-refractivity contribution in [2.45, 2.75) is 0 Å². The van der Waals surface area contributed by atoms with Gasteiger partial charge in [0.25, 0.3) is 0 Å². The lowest BCUT2D eigenvalue weighted by Gasteiger charge is -2.10. The first-order valence-corrected chi connectivity index (χ1v) is 8.96. The van der Waals surface area contributed by atoms with E-state index < -0.39 is 0 Å². The largest absolute Gasteiger partial charge is 0.350 e. The zero-order valence-corrected chi connectivity index (χ0v) is 15.0. The minimum absolute atomic E-state index is 0.240. The summed E-state index contributed by atoms with van der Waals surface area (Å²) < 4.78 is 1.14. The van der Waals surface area contributed by atoms with Gasteiger partial charge in [-0.3, -0.25) is 11.3 Å². The molecule has 0 saturated carbocycles. The van der Waals surface area contributed by atoms with Crippen LogP contribution >= 0.6 is 11.3 Å². The van der Waals surface area contributed by atoms with E-state index in [0.717, 1.165) is 38.1 Å². The normalized spacial score (nSPS) is 11.1. The summed E-state index contributed by atoms with van der Waals surface area (Å²) in [7, 11) is 0. The summed E-state index contributed by atoms with van der Waals surface area (Å²) in [6.07, 6.45) is 5.50. The standard InChI is InChI=1S/C20H14N6S/c1-2-12-4-3-5-14(10-12)23-20-16-8-9-27-18(16)15-7-6-13(11-17(15)24-20)19(21)25-26-22/h1,3-11H,(H,23,24)(H3,21,22,25)/p+1. The van der Waals surface area contributed by atoms with Crippen molar-refractivity contribution in [3.63, 3.8) is 0 Å². The molecule has 2 aromatic heterocycles. The van der Waals surface area contributed by atoms with Crippen molar-refractivity contribution < 1.29 is 5.41 Å². The third-order valence-electron chi connectivity index (χ3n) is 4.15. The molecular weight excluding hydrogens is 356 g/mol. The maximum Gasteiger partial charge on any atom is 0.350 e. The van der Waals surface area contributed by atoms with Crippen molar-refractivity contribution in [3.8, 4) is 12.3 Å². The highest BCUT2D eigenvalue weighted by molar-refractivity contribution is 7.18. The van der Waals surface area contributed by atoms with Crippen LogP contribution in [0.4, 0.5) is 11.5 Å². The number of aromatic nitrogens is 1. The highest BCUT2D eigenvalue weighted by Gasteiger charge is 2.14. The molecule has 4 aromatic rings. The molecule has 0 spiro atoms. The van der Waals surface area contributed by atoms with Crippen LogP contribution in [0.3, 0.4) is 0 Å². The second-order valence-electron chi connectivity index (χ2n) is 5.81. The molecule has 7 heteroatoms. The summed E-state index contributed by atoms with van der Waals surface area (Å²) in [5.74, 6) is 8.73. The van der Waals surface area contributed by atoms with Crippen LogP contribution in [0, 0.1) is 12.3 Å². The summed E-state index contributed by atoms with van der Waals surface area (Å²) in [5, 5.41) is 20.4. The zero-order chi connectivity index (χ0) is 18.8. The van der Waals surface area contributed by atoms with Gasteiger partial charge in [0.1, 0.15) is 5.82 Å². The Kier molecular flexibility index (Phi) is 4.24. The van der Waals surface area contributed by atoms with Gasteiger partial charge in [-0.2, -0.15) is 0 Å². The molecule has 0 radical (unpaired) electrons. The van der Waals surface area contributed by atoms with E-state index in [1.54, 1.807) is 11.3 Å². The fraction of sp³-hybridized carbons (Fsp3) is 0. The first kappa shape index (κ1) is 16.7. The molecular formula is C20H15N6S+. The van der Waals surface area contributed by atoms with Crippen LogP contribution in [0.25, 0.3) is 21.0 Å². The minimum Gasteiger partial charge on any atom is -0.340 e. The zero-order valence-electron chi connectivity index (χ0n) is 14.2. The van der Waals surface area contributed by atoms with Gasteiger partial charge in [-0.05, 0) is 41.8 Å². The van der Waals surface area contributed by atoms with Gasteiger partial charge in [0.05, 0.1) is 16.2 Å². The molecule has 0 atom stereocenters. The Bertz CT molecular complexity index is 1250. The van der Waals surface area contributed by atoms with Gasteiger partial charge in [0.15, 0.2) is 0 Å². The van der Waals surface area contributed by atoms with E-state index in [9.17, 15) is 0 Å². The molecule has 5 N–H and O–H groups in total. The predicted molar refractivity (Wildman–Crippen MR) is 110 cm³/mol. The van der Waals surface area contributed by atoms with E-state index in [-0.39, 0.29) is 5.84 Å². The molecule has 130 valence electrons. The Labute approximate surface area is 159 Å². The van der Waals surface area contributed by atoms with Crippen molar-refractivity contribution in [2.24, 2.45) is 16.2 Å². The van der Waals surface area contributed by atoms with Crippen LogP contribution in [0.15, 0.2) is 64.2 Å². The summed E-state index contributed by atoms with van der Waals surface area (Å²) in [6.45, 7) is 0. The number of rotatable bonds is 3. The Morgan fingerprint density at radius 2 is 2.07 bits per heavy atom. The third kappa shape index (κ3) is 3.10. The van der Waals surface area contributed by atoms with Crippen LogP contribution in [0.5, 0.6) is 0 Å². The van der Waals surface area contributed by atoms with Gasteiger partial charge < -0.3 is 5.32 Å². The fourth-order valence-corrected chi connectivity index (χ4v) is 3.83. The topological polar surface area (TPSA) is 101 Å². The minimum atomic E-state index is 0.240. The van der Waals surface area contributed by atoms with Gasteiger partial charge in [-0.15, -0.1) is 17.8 Å². The van der Waals surface area contributed by atoms with Gasteiger partial charge >= 0.3 is 5.84 Å². The number of pyridine rings is 1. The molecule has 2 heterocycles. The Hall–Kier alpha value is -3.76. The number of nitrogens with one attached hydrogen (secondary N) is 1. The van der Waals surface area contributed by atoms with Crippen molar-refractivity contribution >= 4 is 49.7 Å². The molecule has 0 aliphatic carbocycles. The van der Waals surface area contributed by atoms with E-state index in [0.29, 0.717) is 5.56 Å². The van der Waals surface area contributed by atoms with E-state index >= 15 is 0 Å². The summed E-state index contributed by atoms with van der Waals surface area (Å²) in [4.78, 5) is 4.80. The average Bonchev–Trinajstić information content (AvgIpc) is 3.18. The Morgan fingerprint density at radius 1 is 1.19 bits per heavy atom. The van der Waals surface area contributed by atoms with Crippen molar-refractivity contribution in [2.75, 3.05) is 5.32 Å².